The van der Waals surface area contributed by atoms with Crippen LogP contribution in [-0.4, -0.2) is 63.9 Å². The number of para-hydroxylation sites is 1. The van der Waals surface area contributed by atoms with E-state index in [1.807, 2.05) is 30.3 Å². The Balaban J connectivity index is 2.10. The number of guanidine groups is 1. The highest BCUT2D eigenvalue weighted by Crippen LogP contribution is 2.14. The van der Waals surface area contributed by atoms with E-state index in [4.69, 9.17) is 4.74 Å². The normalized spacial score (nSPS) is 12.3. The minimum atomic E-state index is -4.17. The van der Waals surface area contributed by atoms with Crippen LogP contribution >= 0.6 is 0 Å². The van der Waals surface area contributed by atoms with E-state index in [-0.39, 0.29) is 6.54 Å². The fourth-order valence-electron chi connectivity index (χ4n) is 1.96. The molecule has 1 aromatic rings. The Labute approximate surface area is 140 Å². The highest BCUT2D eigenvalue weighted by Gasteiger charge is 2.28. The number of halogens is 3. The van der Waals surface area contributed by atoms with Gasteiger partial charge < -0.3 is 15.4 Å². The summed E-state index contributed by atoms with van der Waals surface area (Å²) in [6.45, 7) is 0.967. The third-order valence-corrected chi connectivity index (χ3v) is 3.08. The van der Waals surface area contributed by atoms with Crippen molar-refractivity contribution in [2.45, 2.75) is 12.6 Å². The van der Waals surface area contributed by atoms with Crippen molar-refractivity contribution in [1.82, 2.24) is 15.5 Å². The fraction of sp³-hybridized carbons (Fsp3) is 0.562. The summed E-state index contributed by atoms with van der Waals surface area (Å²) in [6.07, 6.45) is -3.39. The first-order valence-electron chi connectivity index (χ1n) is 7.78. The van der Waals surface area contributed by atoms with Crippen molar-refractivity contribution in [3.8, 4) is 5.75 Å². The second-order valence-electron chi connectivity index (χ2n) is 5.29. The molecule has 0 aromatic heterocycles. The number of hydrogen-bond donors (Lipinski definition) is 2. The first-order chi connectivity index (χ1) is 11.4. The molecule has 1 aromatic carbocycles. The maximum absolute atomic E-state index is 12.2. The topological polar surface area (TPSA) is 48.9 Å². The summed E-state index contributed by atoms with van der Waals surface area (Å²) in [6, 6.07) is 9.54. The minimum Gasteiger partial charge on any atom is -0.494 e. The van der Waals surface area contributed by atoms with Gasteiger partial charge >= 0.3 is 6.18 Å². The number of ether oxygens (including phenoxy) is 1. The molecule has 0 amide bonds. The van der Waals surface area contributed by atoms with Gasteiger partial charge in [0.1, 0.15) is 5.75 Å². The van der Waals surface area contributed by atoms with E-state index in [9.17, 15) is 13.2 Å². The number of nitrogens with zero attached hydrogens (tertiary/aromatic N) is 2. The maximum Gasteiger partial charge on any atom is 0.401 e. The molecule has 8 heteroatoms. The molecule has 0 saturated carbocycles. The number of aliphatic imine (C=N–C) groups is 1. The lowest BCUT2D eigenvalue weighted by atomic mass is 10.3. The van der Waals surface area contributed by atoms with Crippen LogP contribution in [0.4, 0.5) is 13.2 Å². The van der Waals surface area contributed by atoms with Crippen LogP contribution in [0.15, 0.2) is 35.3 Å². The SMILES string of the molecule is CN=C(NCCCOc1ccccc1)NCCN(C)CC(F)(F)F. The van der Waals surface area contributed by atoms with Crippen LogP contribution in [0.25, 0.3) is 0 Å². The van der Waals surface area contributed by atoms with Crippen molar-refractivity contribution < 1.29 is 17.9 Å². The summed E-state index contributed by atoms with van der Waals surface area (Å²) in [5.41, 5.74) is 0. The van der Waals surface area contributed by atoms with Crippen molar-refractivity contribution in [3.63, 3.8) is 0 Å². The van der Waals surface area contributed by atoms with E-state index in [2.05, 4.69) is 15.6 Å². The second kappa shape index (κ2) is 10.7. The highest BCUT2D eigenvalue weighted by molar-refractivity contribution is 5.79. The van der Waals surface area contributed by atoms with E-state index in [0.29, 0.717) is 25.7 Å². The molecular weight excluding hydrogens is 321 g/mol. The summed E-state index contributed by atoms with van der Waals surface area (Å²) in [4.78, 5) is 5.24. The smallest absolute Gasteiger partial charge is 0.401 e. The average molecular weight is 346 g/mol. The molecule has 0 bridgehead atoms. The summed E-state index contributed by atoms with van der Waals surface area (Å²) in [5, 5.41) is 6.08. The lowest BCUT2D eigenvalue weighted by molar-refractivity contribution is -0.142. The van der Waals surface area contributed by atoms with Crippen molar-refractivity contribution in [2.75, 3.05) is 46.9 Å². The first kappa shape index (κ1) is 20.1. The largest absolute Gasteiger partial charge is 0.494 e. The van der Waals surface area contributed by atoms with Crippen molar-refractivity contribution in [1.29, 1.82) is 0 Å². The molecule has 136 valence electrons. The van der Waals surface area contributed by atoms with Crippen LogP contribution in [0.2, 0.25) is 0 Å². The predicted octanol–water partition coefficient (Wildman–Crippen LogP) is 2.11. The molecule has 0 atom stereocenters. The number of hydrogen-bond acceptors (Lipinski definition) is 3. The number of likely N-dealkylation sites (N-methyl/N-ethyl adjacent to an activating group) is 1. The van der Waals surface area contributed by atoms with Crippen molar-refractivity contribution in [2.24, 2.45) is 4.99 Å². The Morgan fingerprint density at radius 1 is 1.17 bits per heavy atom. The van der Waals surface area contributed by atoms with Crippen LogP contribution < -0.4 is 15.4 Å². The molecular formula is C16H25F3N4O. The van der Waals surface area contributed by atoms with E-state index >= 15 is 0 Å². The predicted molar refractivity (Wildman–Crippen MR) is 89.5 cm³/mol. The number of rotatable bonds is 9. The van der Waals surface area contributed by atoms with Gasteiger partial charge in [-0.05, 0) is 25.6 Å². The molecule has 2 N–H and O–H groups in total. The molecule has 0 aliphatic rings. The van der Waals surface area contributed by atoms with Crippen LogP contribution in [0, 0.1) is 0 Å². The quantitative estimate of drug-likeness (QED) is 0.409. The third-order valence-electron chi connectivity index (χ3n) is 3.08. The number of alkyl halides is 3. The molecule has 0 heterocycles. The van der Waals surface area contributed by atoms with Gasteiger partial charge in [0.15, 0.2) is 5.96 Å². The maximum atomic E-state index is 12.2. The molecule has 5 nitrogen and oxygen atoms in total. The fourth-order valence-corrected chi connectivity index (χ4v) is 1.96. The Hall–Kier alpha value is -1.96. The lowest BCUT2D eigenvalue weighted by Gasteiger charge is -2.19. The van der Waals surface area contributed by atoms with E-state index in [1.165, 1.54) is 11.9 Å². The molecule has 0 saturated heterocycles. The van der Waals surface area contributed by atoms with Gasteiger partial charge in [0.25, 0.3) is 0 Å². The molecule has 1 rings (SSSR count). The van der Waals surface area contributed by atoms with Gasteiger partial charge in [-0.3, -0.25) is 9.89 Å². The zero-order chi connectivity index (χ0) is 17.8. The van der Waals surface area contributed by atoms with Gasteiger partial charge in [-0.1, -0.05) is 18.2 Å². The van der Waals surface area contributed by atoms with Gasteiger partial charge in [-0.15, -0.1) is 0 Å². The highest BCUT2D eigenvalue weighted by atomic mass is 19.4. The summed E-state index contributed by atoms with van der Waals surface area (Å²) < 4.78 is 42.2. The Morgan fingerprint density at radius 3 is 2.46 bits per heavy atom. The molecule has 0 aliphatic carbocycles. The molecule has 0 spiro atoms. The average Bonchev–Trinajstić information content (AvgIpc) is 2.52. The second-order valence-corrected chi connectivity index (χ2v) is 5.29. The summed E-state index contributed by atoms with van der Waals surface area (Å²) in [5.74, 6) is 1.39. The molecule has 0 radical (unpaired) electrons. The van der Waals surface area contributed by atoms with Crippen LogP contribution in [0.5, 0.6) is 5.75 Å². The Kier molecular flexibility index (Phi) is 8.99. The lowest BCUT2D eigenvalue weighted by Crippen LogP contribution is -2.42. The monoisotopic (exact) mass is 346 g/mol. The van der Waals surface area contributed by atoms with Crippen molar-refractivity contribution in [3.05, 3.63) is 30.3 Å². The molecule has 0 fully saturated rings. The van der Waals surface area contributed by atoms with Gasteiger partial charge in [0.05, 0.1) is 13.2 Å². The molecule has 24 heavy (non-hydrogen) atoms. The van der Waals surface area contributed by atoms with E-state index in [1.54, 1.807) is 7.05 Å². The van der Waals surface area contributed by atoms with E-state index < -0.39 is 12.7 Å². The Morgan fingerprint density at radius 2 is 1.83 bits per heavy atom. The van der Waals surface area contributed by atoms with Gasteiger partial charge in [0.2, 0.25) is 0 Å². The zero-order valence-corrected chi connectivity index (χ0v) is 14.1. The van der Waals surface area contributed by atoms with Gasteiger partial charge in [-0.2, -0.15) is 13.2 Å². The standard InChI is InChI=1S/C16H25F3N4O/c1-20-15(22-10-11-23(2)13-16(17,18)19)21-9-6-12-24-14-7-4-3-5-8-14/h3-5,7-8H,6,9-13H2,1-2H3,(H2,20,21,22). The number of benzene rings is 1. The number of nitrogens with one attached hydrogen (secondary N) is 2. The van der Waals surface area contributed by atoms with Crippen LogP contribution in [0.3, 0.4) is 0 Å². The Bertz CT molecular complexity index is 480. The zero-order valence-electron chi connectivity index (χ0n) is 14.1. The summed E-state index contributed by atoms with van der Waals surface area (Å²) >= 11 is 0. The van der Waals surface area contributed by atoms with Gasteiger partial charge in [0, 0.05) is 26.7 Å². The van der Waals surface area contributed by atoms with Gasteiger partial charge in [-0.25, -0.2) is 0 Å². The minimum absolute atomic E-state index is 0.275. The van der Waals surface area contributed by atoms with Crippen LogP contribution in [-0.2, 0) is 0 Å². The first-order valence-corrected chi connectivity index (χ1v) is 7.78. The van der Waals surface area contributed by atoms with E-state index in [0.717, 1.165) is 12.2 Å². The molecule has 0 aliphatic heterocycles. The van der Waals surface area contributed by atoms with Crippen LogP contribution in [0.1, 0.15) is 6.42 Å². The molecule has 0 unspecified atom stereocenters. The van der Waals surface area contributed by atoms with Crippen molar-refractivity contribution >= 4 is 5.96 Å². The summed E-state index contributed by atoms with van der Waals surface area (Å²) in [7, 11) is 3.06. The third kappa shape index (κ3) is 9.94.